The molecule has 0 atom stereocenters. The topological polar surface area (TPSA) is 109 Å². The number of oxime groups is 1. The van der Waals surface area contributed by atoms with Gasteiger partial charge < -0.3 is 9.74 Å². The van der Waals surface area contributed by atoms with Crippen LogP contribution in [0.25, 0.3) is 11.0 Å². The van der Waals surface area contributed by atoms with E-state index in [-0.39, 0.29) is 23.3 Å². The molecule has 4 rings (SSSR count). The molecule has 194 valence electrons. The minimum atomic E-state index is -0.524. The summed E-state index contributed by atoms with van der Waals surface area (Å²) in [6.07, 6.45) is 3.27. The van der Waals surface area contributed by atoms with E-state index in [4.69, 9.17) is 4.84 Å². The number of nitrogens with zero attached hydrogens (tertiary/aromatic N) is 7. The van der Waals surface area contributed by atoms with Crippen LogP contribution in [0.4, 0.5) is 10.2 Å². The number of aryl methyl sites for hydroxylation is 2. The highest BCUT2D eigenvalue weighted by atomic mass is 19.1. The van der Waals surface area contributed by atoms with Gasteiger partial charge in [0.2, 0.25) is 5.95 Å². The maximum atomic E-state index is 13.7. The molecule has 0 N–H and O–H groups in total. The van der Waals surface area contributed by atoms with Gasteiger partial charge in [0, 0.05) is 37.3 Å². The molecule has 1 aliphatic rings. The fourth-order valence-electron chi connectivity index (χ4n) is 4.76. The van der Waals surface area contributed by atoms with E-state index in [0.717, 1.165) is 37.0 Å². The Morgan fingerprint density at radius 3 is 2.49 bits per heavy atom. The van der Waals surface area contributed by atoms with E-state index in [0.29, 0.717) is 22.5 Å². The average Bonchev–Trinajstić information content (AvgIpc) is 2.86. The summed E-state index contributed by atoms with van der Waals surface area (Å²) in [6, 6.07) is 8.58. The number of nitriles is 1. The SMILES string of the molecule is Cc1nc(F)ccc1/C(=N/OC(C)(C)C)C1CCC(N(C)c2nc(=O)n(C)c3ccc(C#N)nc23)CC1. The van der Waals surface area contributed by atoms with Gasteiger partial charge in [-0.25, -0.2) is 14.8 Å². The van der Waals surface area contributed by atoms with Gasteiger partial charge in [-0.2, -0.15) is 14.6 Å². The summed E-state index contributed by atoms with van der Waals surface area (Å²) in [5.74, 6) is 0.0568. The molecular formula is C27H32FN7O2. The molecule has 37 heavy (non-hydrogen) atoms. The Morgan fingerprint density at radius 1 is 1.16 bits per heavy atom. The number of halogens is 1. The van der Waals surface area contributed by atoms with Crippen LogP contribution in [0.3, 0.4) is 0 Å². The largest absolute Gasteiger partial charge is 0.390 e. The highest BCUT2D eigenvalue weighted by Gasteiger charge is 2.31. The number of fused-ring (bicyclic) bond motifs is 1. The van der Waals surface area contributed by atoms with E-state index in [2.05, 4.69) is 26.2 Å². The zero-order valence-electron chi connectivity index (χ0n) is 22.1. The second-order valence-corrected chi connectivity index (χ2v) is 10.5. The lowest BCUT2D eigenvalue weighted by Crippen LogP contribution is -2.39. The number of pyridine rings is 2. The molecule has 3 heterocycles. The smallest absolute Gasteiger partial charge is 0.349 e. The second-order valence-electron chi connectivity index (χ2n) is 10.5. The Balaban J connectivity index is 1.61. The Hall–Kier alpha value is -3.87. The van der Waals surface area contributed by atoms with Gasteiger partial charge in [-0.1, -0.05) is 5.16 Å². The quantitative estimate of drug-likeness (QED) is 0.290. The number of hydrogen-bond acceptors (Lipinski definition) is 8. The maximum Gasteiger partial charge on any atom is 0.349 e. The number of hydrogen-bond donors (Lipinski definition) is 0. The number of rotatable bonds is 5. The van der Waals surface area contributed by atoms with Crippen LogP contribution in [0.5, 0.6) is 0 Å². The molecule has 9 nitrogen and oxygen atoms in total. The van der Waals surface area contributed by atoms with Crippen LogP contribution in [-0.2, 0) is 11.9 Å². The van der Waals surface area contributed by atoms with E-state index >= 15 is 0 Å². The molecule has 0 amide bonds. The molecule has 1 saturated carbocycles. The van der Waals surface area contributed by atoms with E-state index in [9.17, 15) is 14.4 Å². The van der Waals surface area contributed by atoms with E-state index in [1.165, 1.54) is 10.6 Å². The molecular weight excluding hydrogens is 473 g/mol. The van der Waals surface area contributed by atoms with Crippen molar-refractivity contribution in [1.82, 2.24) is 19.5 Å². The molecule has 1 aliphatic carbocycles. The zero-order chi connectivity index (χ0) is 26.9. The first-order chi connectivity index (χ1) is 17.5. The van der Waals surface area contributed by atoms with Crippen LogP contribution >= 0.6 is 0 Å². The molecule has 0 saturated heterocycles. The molecule has 0 aliphatic heterocycles. The third-order valence-corrected chi connectivity index (χ3v) is 6.76. The minimum Gasteiger partial charge on any atom is -0.390 e. The lowest BCUT2D eigenvalue weighted by Gasteiger charge is -2.36. The van der Waals surface area contributed by atoms with E-state index in [1.807, 2.05) is 32.7 Å². The van der Waals surface area contributed by atoms with Crippen LogP contribution < -0.4 is 10.6 Å². The van der Waals surface area contributed by atoms with Gasteiger partial charge in [0.1, 0.15) is 22.9 Å². The summed E-state index contributed by atoms with van der Waals surface area (Å²) in [5, 5.41) is 13.9. The highest BCUT2D eigenvalue weighted by molar-refractivity contribution is 6.02. The predicted octanol–water partition coefficient (Wildman–Crippen LogP) is 4.26. The molecule has 0 aromatic carbocycles. The van der Waals surface area contributed by atoms with Crippen LogP contribution in [-0.4, -0.2) is 43.9 Å². The van der Waals surface area contributed by atoms with E-state index in [1.54, 1.807) is 32.2 Å². The van der Waals surface area contributed by atoms with Crippen molar-refractivity contribution in [3.63, 3.8) is 0 Å². The summed E-state index contributed by atoms with van der Waals surface area (Å²) in [5.41, 5.74) is 2.73. The minimum absolute atomic E-state index is 0.106. The summed E-state index contributed by atoms with van der Waals surface area (Å²) in [6.45, 7) is 7.58. The third-order valence-electron chi connectivity index (χ3n) is 6.76. The van der Waals surface area contributed by atoms with Crippen molar-refractivity contribution in [3.8, 4) is 6.07 Å². The molecule has 1 fully saturated rings. The van der Waals surface area contributed by atoms with Gasteiger partial charge in [0.15, 0.2) is 5.82 Å². The summed E-state index contributed by atoms with van der Waals surface area (Å²) in [7, 11) is 3.56. The highest BCUT2D eigenvalue weighted by Crippen LogP contribution is 2.34. The van der Waals surface area contributed by atoms with Gasteiger partial charge in [-0.3, -0.25) is 4.57 Å². The van der Waals surface area contributed by atoms with Crippen molar-refractivity contribution in [2.45, 2.75) is 65.0 Å². The fraction of sp³-hybridized carbons (Fsp3) is 0.481. The molecule has 10 heteroatoms. The second kappa shape index (κ2) is 10.2. The zero-order valence-corrected chi connectivity index (χ0v) is 22.1. The van der Waals surface area contributed by atoms with Crippen molar-refractivity contribution in [3.05, 3.63) is 57.6 Å². The Kier molecular flexibility index (Phi) is 7.25. The monoisotopic (exact) mass is 505 g/mol. The van der Waals surface area contributed by atoms with Gasteiger partial charge >= 0.3 is 5.69 Å². The molecule has 0 unspecified atom stereocenters. The van der Waals surface area contributed by atoms with Crippen molar-refractivity contribution in [1.29, 1.82) is 5.26 Å². The normalized spacial score (nSPS) is 18.5. The van der Waals surface area contributed by atoms with Crippen molar-refractivity contribution >= 4 is 22.6 Å². The van der Waals surface area contributed by atoms with Crippen molar-refractivity contribution < 1.29 is 9.23 Å². The first-order valence-electron chi connectivity index (χ1n) is 12.4. The molecule has 3 aromatic heterocycles. The van der Waals surface area contributed by atoms with Gasteiger partial charge in [0.05, 0.1) is 11.2 Å². The summed E-state index contributed by atoms with van der Waals surface area (Å²) >= 11 is 0. The maximum absolute atomic E-state index is 13.7. The summed E-state index contributed by atoms with van der Waals surface area (Å²) < 4.78 is 15.1. The van der Waals surface area contributed by atoms with Gasteiger partial charge in [-0.05, 0) is 77.6 Å². The third kappa shape index (κ3) is 5.61. The number of aromatic nitrogens is 4. The standard InChI is InChI=1S/C27H32FN7O2/c1-16-20(12-14-22(28)30-16)23(33-37-27(2,3)4)17-7-10-19(11-8-17)34(5)25-24-21(35(6)26(36)32-25)13-9-18(15-29)31-24/h9,12-14,17,19H,7-8,10-11H2,1-6H3/b33-23+. The van der Waals surface area contributed by atoms with E-state index < -0.39 is 11.5 Å². The molecule has 0 bridgehead atoms. The molecule has 3 aromatic rings. The fourth-order valence-corrected chi connectivity index (χ4v) is 4.76. The Labute approximate surface area is 215 Å². The Morgan fingerprint density at radius 2 is 1.86 bits per heavy atom. The van der Waals surface area contributed by atoms with Crippen molar-refractivity contribution in [2.24, 2.45) is 18.1 Å². The Bertz CT molecular complexity index is 1440. The molecule has 0 spiro atoms. The van der Waals surface area contributed by atoms with Crippen LogP contribution in [0.1, 0.15) is 63.4 Å². The lowest BCUT2D eigenvalue weighted by atomic mass is 9.80. The van der Waals surface area contributed by atoms with Crippen LogP contribution in [0, 0.1) is 30.1 Å². The first kappa shape index (κ1) is 26.2. The van der Waals surface area contributed by atoms with Crippen LogP contribution in [0.15, 0.2) is 34.2 Å². The van der Waals surface area contributed by atoms with Crippen molar-refractivity contribution in [2.75, 3.05) is 11.9 Å². The first-order valence-corrected chi connectivity index (χ1v) is 12.4. The van der Waals surface area contributed by atoms with Gasteiger partial charge in [0.25, 0.3) is 0 Å². The van der Waals surface area contributed by atoms with Crippen LogP contribution in [0.2, 0.25) is 0 Å². The summed E-state index contributed by atoms with van der Waals surface area (Å²) in [4.78, 5) is 33.1. The van der Waals surface area contributed by atoms with Gasteiger partial charge in [-0.15, -0.1) is 0 Å². The predicted molar refractivity (Wildman–Crippen MR) is 140 cm³/mol. The average molecular weight is 506 g/mol. The number of anilines is 1. The molecule has 0 radical (unpaired) electrons. The lowest BCUT2D eigenvalue weighted by molar-refractivity contribution is -0.0000451.